The van der Waals surface area contributed by atoms with Gasteiger partial charge >= 0.3 is 0 Å². The minimum Gasteiger partial charge on any atom is -0.385 e. The zero-order chi connectivity index (χ0) is 17.0. The van der Waals surface area contributed by atoms with Crippen molar-refractivity contribution in [1.29, 1.82) is 0 Å². The summed E-state index contributed by atoms with van der Waals surface area (Å²) in [6.07, 6.45) is 2.78. The maximum absolute atomic E-state index is 12.1. The van der Waals surface area contributed by atoms with Gasteiger partial charge in [-0.15, -0.1) is 0 Å². The highest BCUT2D eigenvalue weighted by Gasteiger charge is 2.26. The predicted octanol–water partition coefficient (Wildman–Crippen LogP) is 3.12. The van der Waals surface area contributed by atoms with Gasteiger partial charge in [0.25, 0.3) is 0 Å². The Bertz CT molecular complexity index is 822. The highest BCUT2D eigenvalue weighted by atomic mass is 16.3. The van der Waals surface area contributed by atoms with Crippen LogP contribution in [0.3, 0.4) is 0 Å². The van der Waals surface area contributed by atoms with E-state index in [0.717, 1.165) is 17.5 Å². The van der Waals surface area contributed by atoms with Gasteiger partial charge in [-0.2, -0.15) is 0 Å². The van der Waals surface area contributed by atoms with Crippen molar-refractivity contribution in [2.75, 3.05) is 6.54 Å². The Kier molecular flexibility index (Phi) is 4.67. The van der Waals surface area contributed by atoms with Gasteiger partial charge in [-0.1, -0.05) is 48.5 Å². The Morgan fingerprint density at radius 2 is 1.83 bits per heavy atom. The zero-order valence-electron chi connectivity index (χ0n) is 13.8. The fourth-order valence-corrected chi connectivity index (χ4v) is 2.95. The first-order valence-corrected chi connectivity index (χ1v) is 8.16. The maximum atomic E-state index is 12.1. The van der Waals surface area contributed by atoms with Gasteiger partial charge in [-0.3, -0.25) is 4.79 Å². The number of rotatable bonds is 6. The molecule has 0 aliphatic carbocycles. The first-order chi connectivity index (χ1) is 11.6. The van der Waals surface area contributed by atoms with Crippen LogP contribution < -0.4 is 5.32 Å². The molecule has 1 atom stereocenters. The van der Waals surface area contributed by atoms with Gasteiger partial charge in [-0.05, 0) is 30.5 Å². The molecular formula is C20H22N2O2. The average Bonchev–Trinajstić information content (AvgIpc) is 2.99. The topological polar surface area (TPSA) is 65.1 Å². The lowest BCUT2D eigenvalue weighted by Gasteiger charge is -2.23. The molecule has 0 spiro atoms. The largest absolute Gasteiger partial charge is 0.385 e. The molecule has 0 radical (unpaired) electrons. The molecular weight excluding hydrogens is 300 g/mol. The third kappa shape index (κ3) is 3.66. The van der Waals surface area contributed by atoms with E-state index in [1.165, 1.54) is 10.9 Å². The highest BCUT2D eigenvalue weighted by Crippen LogP contribution is 2.24. The molecule has 3 N–H and O–H groups in total. The maximum Gasteiger partial charge on any atom is 0.223 e. The van der Waals surface area contributed by atoms with Gasteiger partial charge in [-0.25, -0.2) is 0 Å². The van der Waals surface area contributed by atoms with E-state index in [9.17, 15) is 9.90 Å². The van der Waals surface area contributed by atoms with E-state index in [1.807, 2.05) is 54.7 Å². The number of aromatic amines is 1. The smallest absolute Gasteiger partial charge is 0.223 e. The van der Waals surface area contributed by atoms with Gasteiger partial charge in [0, 0.05) is 23.6 Å². The predicted molar refractivity (Wildman–Crippen MR) is 95.6 cm³/mol. The molecule has 1 amide bonds. The molecule has 24 heavy (non-hydrogen) atoms. The number of carbonyl (C=O) groups is 1. The lowest BCUT2D eigenvalue weighted by molar-refractivity contribution is -0.125. The van der Waals surface area contributed by atoms with Crippen LogP contribution in [-0.2, 0) is 16.8 Å². The summed E-state index contributed by atoms with van der Waals surface area (Å²) in [5.41, 5.74) is 1.87. The van der Waals surface area contributed by atoms with Crippen LogP contribution in [0.5, 0.6) is 0 Å². The van der Waals surface area contributed by atoms with Crippen molar-refractivity contribution >= 4 is 16.8 Å². The van der Waals surface area contributed by atoms with Crippen molar-refractivity contribution in [2.45, 2.75) is 25.4 Å². The molecule has 0 fully saturated rings. The summed E-state index contributed by atoms with van der Waals surface area (Å²) in [7, 11) is 0. The number of para-hydroxylation sites is 1. The molecule has 1 heterocycles. The van der Waals surface area contributed by atoms with Crippen LogP contribution in [0.1, 0.15) is 24.5 Å². The number of H-pyrrole nitrogens is 1. The molecule has 3 rings (SSSR count). The molecule has 1 unspecified atom stereocenters. The van der Waals surface area contributed by atoms with Crippen molar-refractivity contribution < 1.29 is 9.90 Å². The number of hydrogen-bond donors (Lipinski definition) is 3. The number of nitrogens with one attached hydrogen (secondary N) is 2. The molecule has 0 aliphatic rings. The van der Waals surface area contributed by atoms with Gasteiger partial charge in [0.2, 0.25) is 5.91 Å². The lowest BCUT2D eigenvalue weighted by atomic mass is 9.92. The second-order valence-electron chi connectivity index (χ2n) is 6.28. The molecule has 2 aromatic carbocycles. The highest BCUT2D eigenvalue weighted by molar-refractivity contribution is 5.83. The van der Waals surface area contributed by atoms with Gasteiger partial charge < -0.3 is 15.4 Å². The fraction of sp³-hybridized carbons (Fsp3) is 0.250. The van der Waals surface area contributed by atoms with Crippen molar-refractivity contribution in [1.82, 2.24) is 10.3 Å². The van der Waals surface area contributed by atoms with Crippen molar-refractivity contribution in [3.05, 3.63) is 71.9 Å². The quantitative estimate of drug-likeness (QED) is 0.653. The van der Waals surface area contributed by atoms with E-state index in [4.69, 9.17) is 0 Å². The second kappa shape index (κ2) is 6.89. The summed E-state index contributed by atoms with van der Waals surface area (Å²) < 4.78 is 0. The van der Waals surface area contributed by atoms with E-state index in [1.54, 1.807) is 6.92 Å². The standard InChI is InChI=1S/C20H22N2O2/c1-20(24,16-7-3-2-4-8-16)13-19(23)21-12-11-15-14-22-18-10-6-5-9-17(15)18/h2-10,14,22,24H,11-13H2,1H3,(H,21,23). The van der Waals surface area contributed by atoms with E-state index >= 15 is 0 Å². The Labute approximate surface area is 141 Å². The Hall–Kier alpha value is -2.59. The van der Waals surface area contributed by atoms with Crippen LogP contribution in [-0.4, -0.2) is 22.5 Å². The van der Waals surface area contributed by atoms with E-state index in [0.29, 0.717) is 6.54 Å². The summed E-state index contributed by atoms with van der Waals surface area (Å²) in [5.74, 6) is -0.149. The first kappa shape index (κ1) is 16.3. The third-order valence-electron chi connectivity index (χ3n) is 4.29. The van der Waals surface area contributed by atoms with E-state index in [-0.39, 0.29) is 12.3 Å². The number of amides is 1. The second-order valence-corrected chi connectivity index (χ2v) is 6.28. The molecule has 1 aromatic heterocycles. The number of aromatic nitrogens is 1. The van der Waals surface area contributed by atoms with Gasteiger partial charge in [0.15, 0.2) is 0 Å². The van der Waals surface area contributed by atoms with Crippen molar-refractivity contribution in [3.8, 4) is 0 Å². The van der Waals surface area contributed by atoms with Crippen LogP contribution in [0.15, 0.2) is 60.8 Å². The molecule has 0 saturated carbocycles. The fourth-order valence-electron chi connectivity index (χ4n) is 2.95. The van der Waals surface area contributed by atoms with Crippen LogP contribution in [0, 0.1) is 0 Å². The molecule has 0 bridgehead atoms. The van der Waals surface area contributed by atoms with Crippen LogP contribution in [0.2, 0.25) is 0 Å². The normalized spacial score (nSPS) is 13.6. The summed E-state index contributed by atoms with van der Waals surface area (Å²) in [4.78, 5) is 15.4. The van der Waals surface area contributed by atoms with Gasteiger partial charge in [0.1, 0.15) is 0 Å². The van der Waals surface area contributed by atoms with Crippen LogP contribution in [0.25, 0.3) is 10.9 Å². The molecule has 3 aromatic rings. The molecule has 124 valence electrons. The summed E-state index contributed by atoms with van der Waals surface area (Å²) in [5, 5.41) is 14.6. The van der Waals surface area contributed by atoms with Crippen LogP contribution >= 0.6 is 0 Å². The van der Waals surface area contributed by atoms with E-state index in [2.05, 4.69) is 16.4 Å². The lowest BCUT2D eigenvalue weighted by Crippen LogP contribution is -2.33. The minimum atomic E-state index is -1.16. The van der Waals surface area contributed by atoms with Crippen molar-refractivity contribution in [2.24, 2.45) is 0 Å². The molecule has 4 nitrogen and oxygen atoms in total. The number of benzene rings is 2. The Morgan fingerprint density at radius 3 is 2.62 bits per heavy atom. The summed E-state index contributed by atoms with van der Waals surface area (Å²) in [6.45, 7) is 2.22. The Morgan fingerprint density at radius 1 is 1.12 bits per heavy atom. The number of fused-ring (bicyclic) bond motifs is 1. The number of carbonyl (C=O) groups excluding carboxylic acids is 1. The summed E-state index contributed by atoms with van der Waals surface area (Å²) >= 11 is 0. The number of hydrogen-bond acceptors (Lipinski definition) is 2. The molecule has 0 aliphatic heterocycles. The zero-order valence-corrected chi connectivity index (χ0v) is 13.8. The average molecular weight is 322 g/mol. The Balaban J connectivity index is 1.54. The molecule has 0 saturated heterocycles. The van der Waals surface area contributed by atoms with Gasteiger partial charge in [0.05, 0.1) is 12.0 Å². The first-order valence-electron chi connectivity index (χ1n) is 8.16. The monoisotopic (exact) mass is 322 g/mol. The van der Waals surface area contributed by atoms with Crippen LogP contribution in [0.4, 0.5) is 0 Å². The van der Waals surface area contributed by atoms with E-state index < -0.39 is 5.60 Å². The SMILES string of the molecule is CC(O)(CC(=O)NCCc1c[nH]c2ccccc12)c1ccccc1. The summed E-state index contributed by atoms with van der Waals surface area (Å²) in [6, 6.07) is 17.4. The molecule has 4 heteroatoms. The minimum absolute atomic E-state index is 0.0465. The third-order valence-corrected chi connectivity index (χ3v) is 4.29. The van der Waals surface area contributed by atoms with Crippen molar-refractivity contribution in [3.63, 3.8) is 0 Å². The number of aliphatic hydroxyl groups is 1.